The highest BCUT2D eigenvalue weighted by Gasteiger charge is 2.34. The van der Waals surface area contributed by atoms with Crippen molar-refractivity contribution in [3.8, 4) is 0 Å². The van der Waals surface area contributed by atoms with Crippen molar-refractivity contribution in [1.82, 2.24) is 5.32 Å². The fourth-order valence-corrected chi connectivity index (χ4v) is 1.74. The molecule has 1 fully saturated rings. The number of amides is 1. The maximum absolute atomic E-state index is 11.7. The predicted molar refractivity (Wildman–Crippen MR) is 62.6 cm³/mol. The standard InChI is InChI=1S/C12H21NO4/c1-4-12(3,11(15)16)7-13-10(14)9-6-5-8(2)17-9/h8-9H,4-7H2,1-3H3,(H,13,14)(H,15,16). The SMILES string of the molecule is CCC(C)(CNC(=O)C1CCC(C)O1)C(=O)O. The first-order chi connectivity index (χ1) is 7.89. The Bertz CT molecular complexity index is 305. The van der Waals surface area contributed by atoms with Gasteiger partial charge in [0, 0.05) is 6.54 Å². The van der Waals surface area contributed by atoms with Gasteiger partial charge in [0.05, 0.1) is 11.5 Å². The van der Waals surface area contributed by atoms with E-state index in [1.807, 2.05) is 6.92 Å². The number of ether oxygens (including phenoxy) is 1. The molecule has 1 aliphatic heterocycles. The van der Waals surface area contributed by atoms with Crippen molar-refractivity contribution in [1.29, 1.82) is 0 Å². The van der Waals surface area contributed by atoms with Crippen LogP contribution in [-0.2, 0) is 14.3 Å². The van der Waals surface area contributed by atoms with Crippen LogP contribution in [0.1, 0.15) is 40.0 Å². The highest BCUT2D eigenvalue weighted by Crippen LogP contribution is 2.22. The topological polar surface area (TPSA) is 75.6 Å². The summed E-state index contributed by atoms with van der Waals surface area (Å²) >= 11 is 0. The smallest absolute Gasteiger partial charge is 0.311 e. The van der Waals surface area contributed by atoms with Crippen LogP contribution in [0.2, 0.25) is 0 Å². The predicted octanol–water partition coefficient (Wildman–Crippen LogP) is 1.17. The zero-order valence-corrected chi connectivity index (χ0v) is 10.7. The van der Waals surface area contributed by atoms with Crippen LogP contribution in [0.15, 0.2) is 0 Å². The molecule has 0 bridgehead atoms. The molecule has 0 aromatic heterocycles. The summed E-state index contributed by atoms with van der Waals surface area (Å²) in [5, 5.41) is 11.7. The number of carboxylic acid groups (broad SMARTS) is 1. The zero-order chi connectivity index (χ0) is 13.1. The lowest BCUT2D eigenvalue weighted by molar-refractivity contribution is -0.148. The summed E-state index contributed by atoms with van der Waals surface area (Å²) < 4.78 is 5.42. The normalized spacial score (nSPS) is 27.5. The summed E-state index contributed by atoms with van der Waals surface area (Å²) in [6.07, 6.45) is 1.76. The second kappa shape index (κ2) is 5.49. The van der Waals surface area contributed by atoms with Gasteiger partial charge in [0.1, 0.15) is 6.10 Å². The van der Waals surface area contributed by atoms with E-state index in [4.69, 9.17) is 9.84 Å². The Labute approximate surface area is 102 Å². The number of nitrogens with one attached hydrogen (secondary N) is 1. The quantitative estimate of drug-likeness (QED) is 0.760. The van der Waals surface area contributed by atoms with Gasteiger partial charge in [-0.1, -0.05) is 6.92 Å². The van der Waals surface area contributed by atoms with Gasteiger partial charge in [0.25, 0.3) is 0 Å². The summed E-state index contributed by atoms with van der Waals surface area (Å²) in [6, 6.07) is 0. The first-order valence-electron chi connectivity index (χ1n) is 6.05. The molecule has 0 saturated carbocycles. The van der Waals surface area contributed by atoms with Gasteiger partial charge < -0.3 is 15.2 Å². The van der Waals surface area contributed by atoms with Gasteiger partial charge in [-0.15, -0.1) is 0 Å². The van der Waals surface area contributed by atoms with Crippen molar-refractivity contribution in [2.24, 2.45) is 5.41 Å². The average Bonchev–Trinajstić information content (AvgIpc) is 2.72. The van der Waals surface area contributed by atoms with E-state index in [2.05, 4.69) is 5.32 Å². The Morgan fingerprint density at radius 3 is 2.53 bits per heavy atom. The molecule has 1 heterocycles. The van der Waals surface area contributed by atoms with Gasteiger partial charge in [0.15, 0.2) is 0 Å². The second-order valence-electron chi connectivity index (χ2n) is 4.95. The van der Waals surface area contributed by atoms with Crippen LogP contribution in [0.25, 0.3) is 0 Å². The molecule has 3 unspecified atom stereocenters. The Kier molecular flexibility index (Phi) is 4.51. The molecule has 1 aliphatic rings. The van der Waals surface area contributed by atoms with Crippen LogP contribution in [-0.4, -0.2) is 35.7 Å². The van der Waals surface area contributed by atoms with Crippen molar-refractivity contribution in [2.45, 2.75) is 52.2 Å². The van der Waals surface area contributed by atoms with Crippen molar-refractivity contribution in [3.63, 3.8) is 0 Å². The van der Waals surface area contributed by atoms with Gasteiger partial charge in [-0.2, -0.15) is 0 Å². The first kappa shape index (κ1) is 14.0. The number of aliphatic carboxylic acids is 1. The highest BCUT2D eigenvalue weighted by atomic mass is 16.5. The third kappa shape index (κ3) is 3.43. The molecule has 1 saturated heterocycles. The maximum Gasteiger partial charge on any atom is 0.311 e. The molecule has 98 valence electrons. The average molecular weight is 243 g/mol. The van der Waals surface area contributed by atoms with Crippen molar-refractivity contribution in [3.05, 3.63) is 0 Å². The van der Waals surface area contributed by atoms with Gasteiger partial charge in [-0.25, -0.2) is 0 Å². The molecule has 3 atom stereocenters. The van der Waals surface area contributed by atoms with Gasteiger partial charge in [0.2, 0.25) is 5.91 Å². The lowest BCUT2D eigenvalue weighted by Crippen LogP contribution is -2.44. The number of carboxylic acids is 1. The third-order valence-electron chi connectivity index (χ3n) is 3.47. The van der Waals surface area contributed by atoms with E-state index in [-0.39, 0.29) is 18.6 Å². The summed E-state index contributed by atoms with van der Waals surface area (Å²) in [5.41, 5.74) is -0.903. The van der Waals surface area contributed by atoms with Crippen molar-refractivity contribution < 1.29 is 19.4 Å². The maximum atomic E-state index is 11.7. The fourth-order valence-electron chi connectivity index (χ4n) is 1.74. The number of carbonyl (C=O) groups excluding carboxylic acids is 1. The molecule has 17 heavy (non-hydrogen) atoms. The van der Waals surface area contributed by atoms with Crippen molar-refractivity contribution in [2.75, 3.05) is 6.54 Å². The number of hydrogen-bond acceptors (Lipinski definition) is 3. The van der Waals surface area contributed by atoms with E-state index in [1.54, 1.807) is 13.8 Å². The first-order valence-corrected chi connectivity index (χ1v) is 6.05. The monoisotopic (exact) mass is 243 g/mol. The molecule has 2 N–H and O–H groups in total. The molecule has 0 radical (unpaired) electrons. The van der Waals surface area contributed by atoms with E-state index in [0.29, 0.717) is 12.8 Å². The lowest BCUT2D eigenvalue weighted by Gasteiger charge is -2.24. The molecule has 1 rings (SSSR count). The van der Waals surface area contributed by atoms with Gasteiger partial charge >= 0.3 is 5.97 Å². The third-order valence-corrected chi connectivity index (χ3v) is 3.47. The lowest BCUT2D eigenvalue weighted by atomic mass is 9.87. The Morgan fingerprint density at radius 1 is 1.47 bits per heavy atom. The van der Waals surface area contributed by atoms with E-state index < -0.39 is 17.5 Å². The molecule has 5 nitrogen and oxygen atoms in total. The molecular formula is C12H21NO4. The summed E-state index contributed by atoms with van der Waals surface area (Å²) in [6.45, 7) is 5.51. The van der Waals surface area contributed by atoms with E-state index in [9.17, 15) is 9.59 Å². The van der Waals surface area contributed by atoms with E-state index in [0.717, 1.165) is 6.42 Å². The van der Waals surface area contributed by atoms with Gasteiger partial charge in [-0.3, -0.25) is 9.59 Å². The van der Waals surface area contributed by atoms with Crippen LogP contribution >= 0.6 is 0 Å². The molecule has 0 spiro atoms. The second-order valence-corrected chi connectivity index (χ2v) is 4.95. The molecule has 1 amide bonds. The van der Waals surface area contributed by atoms with E-state index in [1.165, 1.54) is 0 Å². The van der Waals surface area contributed by atoms with Crippen molar-refractivity contribution >= 4 is 11.9 Å². The Balaban J connectivity index is 2.45. The minimum Gasteiger partial charge on any atom is -0.481 e. The molecule has 5 heteroatoms. The van der Waals surface area contributed by atoms with Crippen LogP contribution in [0, 0.1) is 5.41 Å². The number of carbonyl (C=O) groups is 2. The largest absolute Gasteiger partial charge is 0.481 e. The molecule has 0 aromatic rings. The van der Waals surface area contributed by atoms with Crippen LogP contribution in [0.4, 0.5) is 0 Å². The highest BCUT2D eigenvalue weighted by molar-refractivity contribution is 5.82. The van der Waals surface area contributed by atoms with E-state index >= 15 is 0 Å². The minimum atomic E-state index is -0.903. The minimum absolute atomic E-state index is 0.114. The van der Waals surface area contributed by atoms with Gasteiger partial charge in [-0.05, 0) is 33.1 Å². The summed E-state index contributed by atoms with van der Waals surface area (Å²) in [7, 11) is 0. The molecule has 0 aliphatic carbocycles. The zero-order valence-electron chi connectivity index (χ0n) is 10.7. The number of hydrogen-bond donors (Lipinski definition) is 2. The Hall–Kier alpha value is -1.10. The fraction of sp³-hybridized carbons (Fsp3) is 0.833. The van der Waals surface area contributed by atoms with Crippen LogP contribution in [0.3, 0.4) is 0 Å². The molecular weight excluding hydrogens is 222 g/mol. The molecule has 0 aromatic carbocycles. The van der Waals surface area contributed by atoms with Crippen LogP contribution < -0.4 is 5.32 Å². The number of rotatable bonds is 5. The Morgan fingerprint density at radius 2 is 2.12 bits per heavy atom. The summed E-state index contributed by atoms with van der Waals surface area (Å²) in [4.78, 5) is 22.8. The summed E-state index contributed by atoms with van der Waals surface area (Å²) in [5.74, 6) is -1.09. The van der Waals surface area contributed by atoms with Crippen LogP contribution in [0.5, 0.6) is 0 Å².